The molecular formula is C27H35Cl2N3O6S. The summed E-state index contributed by atoms with van der Waals surface area (Å²) in [5.74, 6) is -0.270. The van der Waals surface area contributed by atoms with Crippen molar-refractivity contribution in [3.05, 3.63) is 52.0 Å². The minimum absolute atomic E-state index is 0.0218. The number of sulfonamides is 1. The summed E-state index contributed by atoms with van der Waals surface area (Å²) < 4.78 is 38.6. The number of carbonyl (C=O) groups is 2. The summed E-state index contributed by atoms with van der Waals surface area (Å²) in [5, 5.41) is 3.68. The molecule has 0 aromatic heterocycles. The highest BCUT2D eigenvalue weighted by Crippen LogP contribution is 2.35. The first kappa shape index (κ1) is 30.8. The molecule has 0 aliphatic carbocycles. The van der Waals surface area contributed by atoms with Gasteiger partial charge in [0.2, 0.25) is 21.8 Å². The molecule has 0 radical (unpaired) electrons. The molecule has 2 aromatic rings. The molecule has 1 aliphatic heterocycles. The number of benzene rings is 2. The number of fused-ring (bicyclic) bond motifs is 1. The first-order chi connectivity index (χ1) is 18.3. The van der Waals surface area contributed by atoms with Crippen molar-refractivity contribution in [2.75, 3.05) is 29.8 Å². The van der Waals surface area contributed by atoms with E-state index in [4.69, 9.17) is 32.7 Å². The largest absolute Gasteiger partial charge is 0.486 e. The molecule has 0 saturated heterocycles. The Bertz CT molecular complexity index is 1310. The third-order valence-electron chi connectivity index (χ3n) is 6.03. The Morgan fingerprint density at radius 2 is 1.69 bits per heavy atom. The highest BCUT2D eigenvalue weighted by atomic mass is 35.5. The average molecular weight is 601 g/mol. The van der Waals surface area contributed by atoms with E-state index in [1.807, 2.05) is 20.8 Å². The van der Waals surface area contributed by atoms with Crippen LogP contribution in [0.25, 0.3) is 0 Å². The quantitative estimate of drug-likeness (QED) is 0.426. The second kappa shape index (κ2) is 12.7. The summed E-state index contributed by atoms with van der Waals surface area (Å²) in [4.78, 5) is 28.6. The number of halogens is 2. The zero-order valence-corrected chi connectivity index (χ0v) is 25.1. The number of amides is 2. The summed E-state index contributed by atoms with van der Waals surface area (Å²) in [5.41, 5.74) is 0.284. The van der Waals surface area contributed by atoms with E-state index < -0.39 is 34.1 Å². The van der Waals surface area contributed by atoms with Gasteiger partial charge in [-0.1, -0.05) is 36.2 Å². The first-order valence-corrected chi connectivity index (χ1v) is 15.1. The van der Waals surface area contributed by atoms with Gasteiger partial charge < -0.3 is 19.7 Å². The van der Waals surface area contributed by atoms with Crippen molar-refractivity contribution in [3.63, 3.8) is 0 Å². The van der Waals surface area contributed by atoms with Gasteiger partial charge in [-0.3, -0.25) is 13.9 Å². The van der Waals surface area contributed by atoms with Crippen LogP contribution in [0.4, 0.5) is 5.69 Å². The van der Waals surface area contributed by atoms with Gasteiger partial charge in [0, 0.05) is 28.2 Å². The molecule has 9 nitrogen and oxygen atoms in total. The van der Waals surface area contributed by atoms with Crippen molar-refractivity contribution in [1.82, 2.24) is 10.2 Å². The zero-order chi connectivity index (χ0) is 29.0. The van der Waals surface area contributed by atoms with Gasteiger partial charge in [0.05, 0.1) is 11.4 Å². The Morgan fingerprint density at radius 1 is 1.03 bits per heavy atom. The normalized spacial score (nSPS) is 13.9. The Morgan fingerprint density at radius 3 is 2.28 bits per heavy atom. The van der Waals surface area contributed by atoms with Crippen LogP contribution < -0.4 is 19.1 Å². The third kappa shape index (κ3) is 7.93. The van der Waals surface area contributed by atoms with Gasteiger partial charge >= 0.3 is 0 Å². The maximum absolute atomic E-state index is 13.9. The van der Waals surface area contributed by atoms with Crippen LogP contribution in [0.3, 0.4) is 0 Å². The van der Waals surface area contributed by atoms with Crippen molar-refractivity contribution < 1.29 is 27.5 Å². The van der Waals surface area contributed by atoms with Gasteiger partial charge in [0.15, 0.2) is 11.5 Å². The molecule has 12 heteroatoms. The van der Waals surface area contributed by atoms with Gasteiger partial charge in [-0.05, 0) is 63.9 Å². The standard InChI is InChI=1S/C27H35Cl2N3O6S/c1-6-22(26(34)30-27(3,4)5)31(16-18-8-9-19(28)14-21(18)29)25(33)17-32(39(35,36)7-2)20-10-11-23-24(15-20)38-13-12-37-23/h8-11,14-15,22H,6-7,12-13,16-17H2,1-5H3,(H,30,34). The van der Waals surface area contributed by atoms with E-state index in [2.05, 4.69) is 5.32 Å². The minimum atomic E-state index is -3.89. The minimum Gasteiger partial charge on any atom is -0.486 e. The van der Waals surface area contributed by atoms with Gasteiger partial charge in [0.25, 0.3) is 0 Å². The molecule has 1 N–H and O–H groups in total. The Labute approximate surface area is 240 Å². The van der Waals surface area contributed by atoms with Crippen LogP contribution in [0.2, 0.25) is 10.0 Å². The van der Waals surface area contributed by atoms with Gasteiger partial charge in [-0.2, -0.15) is 0 Å². The van der Waals surface area contributed by atoms with Crippen molar-refractivity contribution in [2.45, 2.75) is 59.2 Å². The second-order valence-electron chi connectivity index (χ2n) is 10.2. The van der Waals surface area contributed by atoms with E-state index in [1.165, 1.54) is 11.8 Å². The molecule has 0 spiro atoms. The molecule has 3 rings (SSSR count). The zero-order valence-electron chi connectivity index (χ0n) is 22.8. The molecular weight excluding hydrogens is 565 g/mol. The van der Waals surface area contributed by atoms with Crippen molar-refractivity contribution in [2.24, 2.45) is 0 Å². The van der Waals surface area contributed by atoms with Crippen LogP contribution in [-0.4, -0.2) is 62.2 Å². The molecule has 0 fully saturated rings. The Kier molecular flexibility index (Phi) is 10.0. The molecule has 1 aliphatic rings. The van der Waals surface area contributed by atoms with E-state index in [-0.39, 0.29) is 23.9 Å². The van der Waals surface area contributed by atoms with Crippen LogP contribution in [0.15, 0.2) is 36.4 Å². The SMILES string of the molecule is CCC(C(=O)NC(C)(C)C)N(Cc1ccc(Cl)cc1Cl)C(=O)CN(c1ccc2c(c1)OCCO2)S(=O)(=O)CC. The second-order valence-corrected chi connectivity index (χ2v) is 13.2. The molecule has 2 amide bonds. The fourth-order valence-electron chi connectivity index (χ4n) is 4.11. The topological polar surface area (TPSA) is 105 Å². The smallest absolute Gasteiger partial charge is 0.244 e. The number of rotatable bonds is 10. The van der Waals surface area contributed by atoms with E-state index in [9.17, 15) is 18.0 Å². The molecule has 1 atom stereocenters. The van der Waals surface area contributed by atoms with Crippen molar-refractivity contribution in [3.8, 4) is 11.5 Å². The molecule has 1 unspecified atom stereocenters. The fraction of sp³-hybridized carbons (Fsp3) is 0.481. The van der Waals surface area contributed by atoms with E-state index in [0.29, 0.717) is 46.7 Å². The maximum atomic E-state index is 13.9. The Hall–Kier alpha value is -2.69. The monoisotopic (exact) mass is 599 g/mol. The van der Waals surface area contributed by atoms with E-state index in [1.54, 1.807) is 43.3 Å². The predicted molar refractivity (Wildman–Crippen MR) is 153 cm³/mol. The van der Waals surface area contributed by atoms with Crippen molar-refractivity contribution >= 4 is 50.7 Å². The molecule has 2 aromatic carbocycles. The number of carbonyl (C=O) groups excluding carboxylic acids is 2. The van der Waals surface area contributed by atoms with Crippen LogP contribution in [0.5, 0.6) is 11.5 Å². The molecule has 0 saturated carbocycles. The molecule has 214 valence electrons. The van der Waals surface area contributed by atoms with Crippen molar-refractivity contribution in [1.29, 1.82) is 0 Å². The predicted octanol–water partition coefficient (Wildman–Crippen LogP) is 4.64. The highest BCUT2D eigenvalue weighted by molar-refractivity contribution is 7.92. The number of nitrogens with zero attached hydrogens (tertiary/aromatic N) is 2. The molecule has 0 bridgehead atoms. The van der Waals surface area contributed by atoms with E-state index in [0.717, 1.165) is 4.31 Å². The lowest BCUT2D eigenvalue weighted by molar-refractivity contribution is -0.141. The van der Waals surface area contributed by atoms with Crippen LogP contribution in [0.1, 0.15) is 46.6 Å². The fourth-order valence-corrected chi connectivity index (χ4v) is 5.63. The van der Waals surface area contributed by atoms with Gasteiger partial charge in [0.1, 0.15) is 25.8 Å². The van der Waals surface area contributed by atoms with Crippen LogP contribution >= 0.6 is 23.2 Å². The van der Waals surface area contributed by atoms with Gasteiger partial charge in [-0.15, -0.1) is 0 Å². The lowest BCUT2D eigenvalue weighted by atomic mass is 10.1. The van der Waals surface area contributed by atoms with Crippen LogP contribution in [0, 0.1) is 0 Å². The molecule has 1 heterocycles. The Balaban J connectivity index is 2.02. The summed E-state index contributed by atoms with van der Waals surface area (Å²) >= 11 is 12.5. The summed E-state index contributed by atoms with van der Waals surface area (Å²) in [7, 11) is -3.89. The summed E-state index contributed by atoms with van der Waals surface area (Å²) in [6, 6.07) is 8.72. The number of anilines is 1. The number of ether oxygens (including phenoxy) is 2. The number of hydrogen-bond donors (Lipinski definition) is 1. The first-order valence-electron chi connectivity index (χ1n) is 12.7. The average Bonchev–Trinajstić information content (AvgIpc) is 2.86. The number of nitrogens with one attached hydrogen (secondary N) is 1. The van der Waals surface area contributed by atoms with Gasteiger partial charge in [-0.25, -0.2) is 8.42 Å². The highest BCUT2D eigenvalue weighted by Gasteiger charge is 2.34. The lowest BCUT2D eigenvalue weighted by Gasteiger charge is -2.35. The third-order valence-corrected chi connectivity index (χ3v) is 8.36. The maximum Gasteiger partial charge on any atom is 0.244 e. The van der Waals surface area contributed by atoms with E-state index >= 15 is 0 Å². The molecule has 39 heavy (non-hydrogen) atoms. The summed E-state index contributed by atoms with van der Waals surface area (Å²) in [6.07, 6.45) is 0.295. The lowest BCUT2D eigenvalue weighted by Crippen LogP contribution is -2.55. The summed E-state index contributed by atoms with van der Waals surface area (Å²) in [6.45, 7) is 8.99. The van der Waals surface area contributed by atoms with Crippen LogP contribution in [-0.2, 0) is 26.2 Å². The number of hydrogen-bond acceptors (Lipinski definition) is 6.